The highest BCUT2D eigenvalue weighted by Crippen LogP contribution is 2.18. The minimum atomic E-state index is -0.860. The van der Waals surface area contributed by atoms with E-state index < -0.39 is 11.9 Å². The van der Waals surface area contributed by atoms with Gasteiger partial charge in [0.25, 0.3) is 0 Å². The lowest BCUT2D eigenvalue weighted by molar-refractivity contribution is -0.139. The van der Waals surface area contributed by atoms with Crippen LogP contribution in [0, 0.1) is 0 Å². The third-order valence-corrected chi connectivity index (χ3v) is 2.24. The molecule has 0 heterocycles. The van der Waals surface area contributed by atoms with Gasteiger partial charge in [0, 0.05) is 5.02 Å². The standard InChI is InChI=1S/C11H9ClO5/c1-16-10(14)4-7-2-3-8(12)5-9(7)11(15)17-6-13/h2-3,5-6H,4H2,1H3. The Morgan fingerprint density at radius 2 is 2.12 bits per heavy atom. The van der Waals surface area contributed by atoms with Crippen molar-refractivity contribution in [2.45, 2.75) is 6.42 Å². The second-order valence-electron chi connectivity index (χ2n) is 3.06. The minimum Gasteiger partial charge on any atom is -0.469 e. The van der Waals surface area contributed by atoms with Crippen LogP contribution in [-0.4, -0.2) is 25.5 Å². The fourth-order valence-electron chi connectivity index (χ4n) is 1.23. The largest absolute Gasteiger partial charge is 0.469 e. The number of rotatable bonds is 4. The zero-order valence-corrected chi connectivity index (χ0v) is 9.69. The second-order valence-corrected chi connectivity index (χ2v) is 3.49. The lowest BCUT2D eigenvalue weighted by atomic mass is 10.0. The molecule has 90 valence electrons. The fourth-order valence-corrected chi connectivity index (χ4v) is 1.40. The van der Waals surface area contributed by atoms with Crippen LogP contribution in [-0.2, 0) is 25.5 Å². The third-order valence-electron chi connectivity index (χ3n) is 2.01. The molecule has 6 heteroatoms. The van der Waals surface area contributed by atoms with Gasteiger partial charge in [-0.1, -0.05) is 17.7 Å². The number of ether oxygens (including phenoxy) is 2. The van der Waals surface area contributed by atoms with E-state index in [1.807, 2.05) is 0 Å². The van der Waals surface area contributed by atoms with Gasteiger partial charge in [0.05, 0.1) is 19.1 Å². The second kappa shape index (κ2) is 6.00. The summed E-state index contributed by atoms with van der Waals surface area (Å²) in [7, 11) is 1.24. The number of benzene rings is 1. The van der Waals surface area contributed by atoms with Crippen LogP contribution < -0.4 is 0 Å². The van der Waals surface area contributed by atoms with Gasteiger partial charge in [0.1, 0.15) is 0 Å². The predicted molar refractivity (Wildman–Crippen MR) is 58.7 cm³/mol. The number of hydrogen-bond donors (Lipinski definition) is 0. The van der Waals surface area contributed by atoms with Crippen LogP contribution in [0.1, 0.15) is 15.9 Å². The molecule has 1 aromatic carbocycles. The Balaban J connectivity index is 3.07. The molecule has 0 aromatic heterocycles. The van der Waals surface area contributed by atoms with E-state index in [-0.39, 0.29) is 18.5 Å². The lowest BCUT2D eigenvalue weighted by Gasteiger charge is -2.06. The van der Waals surface area contributed by atoms with E-state index >= 15 is 0 Å². The molecule has 0 radical (unpaired) electrons. The van der Waals surface area contributed by atoms with Crippen LogP contribution in [0.2, 0.25) is 5.02 Å². The van der Waals surface area contributed by atoms with Crippen molar-refractivity contribution in [2.24, 2.45) is 0 Å². The highest BCUT2D eigenvalue weighted by Gasteiger charge is 2.16. The summed E-state index contributed by atoms with van der Waals surface area (Å²) in [5.74, 6) is -1.37. The van der Waals surface area contributed by atoms with Crippen molar-refractivity contribution in [3.8, 4) is 0 Å². The monoisotopic (exact) mass is 256 g/mol. The number of methoxy groups -OCH3 is 1. The maximum Gasteiger partial charge on any atom is 0.345 e. The third kappa shape index (κ3) is 3.57. The molecule has 0 saturated heterocycles. The highest BCUT2D eigenvalue weighted by molar-refractivity contribution is 6.31. The Morgan fingerprint density at radius 3 is 2.71 bits per heavy atom. The molecule has 0 aliphatic heterocycles. The molecule has 1 aromatic rings. The molecule has 0 aliphatic carbocycles. The van der Waals surface area contributed by atoms with Gasteiger partial charge in [-0.15, -0.1) is 0 Å². The van der Waals surface area contributed by atoms with Gasteiger partial charge >= 0.3 is 18.4 Å². The summed E-state index contributed by atoms with van der Waals surface area (Å²) in [5.41, 5.74) is 0.447. The Bertz CT molecular complexity index is 455. The summed E-state index contributed by atoms with van der Waals surface area (Å²) < 4.78 is 8.69. The number of esters is 2. The van der Waals surface area contributed by atoms with Crippen LogP contribution in [0.3, 0.4) is 0 Å². The zero-order valence-electron chi connectivity index (χ0n) is 8.94. The number of carbonyl (C=O) groups is 3. The Labute approximate surface area is 102 Å². The lowest BCUT2D eigenvalue weighted by Crippen LogP contribution is -2.12. The van der Waals surface area contributed by atoms with Gasteiger partial charge in [-0.3, -0.25) is 9.59 Å². The van der Waals surface area contributed by atoms with Crippen molar-refractivity contribution in [1.82, 2.24) is 0 Å². The van der Waals surface area contributed by atoms with E-state index in [4.69, 9.17) is 11.6 Å². The van der Waals surface area contributed by atoms with Crippen LogP contribution in [0.4, 0.5) is 0 Å². The van der Waals surface area contributed by atoms with Gasteiger partial charge in [-0.2, -0.15) is 0 Å². The van der Waals surface area contributed by atoms with Crippen LogP contribution >= 0.6 is 11.6 Å². The minimum absolute atomic E-state index is 0.0190. The summed E-state index contributed by atoms with van der Waals surface area (Å²) in [6.45, 7) is 0.0190. The molecule has 0 amide bonds. The van der Waals surface area contributed by atoms with Crippen molar-refractivity contribution < 1.29 is 23.9 Å². The fraction of sp³-hybridized carbons (Fsp3) is 0.182. The molecule has 5 nitrogen and oxygen atoms in total. The van der Waals surface area contributed by atoms with E-state index in [1.165, 1.54) is 25.3 Å². The average Bonchev–Trinajstić information content (AvgIpc) is 2.31. The van der Waals surface area contributed by atoms with Gasteiger partial charge in [0.2, 0.25) is 0 Å². The van der Waals surface area contributed by atoms with Crippen molar-refractivity contribution in [2.75, 3.05) is 7.11 Å². The summed E-state index contributed by atoms with van der Waals surface area (Å²) in [4.78, 5) is 32.6. The molecule has 0 saturated carbocycles. The molecule has 0 fully saturated rings. The van der Waals surface area contributed by atoms with Gasteiger partial charge in [0.15, 0.2) is 0 Å². The molecular weight excluding hydrogens is 248 g/mol. The molecular formula is C11H9ClO5. The molecule has 0 spiro atoms. The Kier molecular flexibility index (Phi) is 4.66. The first-order chi connectivity index (χ1) is 8.08. The molecule has 0 bridgehead atoms. The molecule has 0 N–H and O–H groups in total. The van der Waals surface area contributed by atoms with Crippen LogP contribution in [0.25, 0.3) is 0 Å². The zero-order chi connectivity index (χ0) is 12.8. The molecule has 17 heavy (non-hydrogen) atoms. The van der Waals surface area contributed by atoms with Crippen LogP contribution in [0.5, 0.6) is 0 Å². The smallest absolute Gasteiger partial charge is 0.345 e. The molecule has 0 unspecified atom stereocenters. The van der Waals surface area contributed by atoms with Gasteiger partial charge in [-0.25, -0.2) is 4.79 Å². The molecule has 1 rings (SSSR count). The molecule has 0 atom stereocenters. The first-order valence-electron chi connectivity index (χ1n) is 4.58. The topological polar surface area (TPSA) is 69.7 Å². The van der Waals surface area contributed by atoms with E-state index in [1.54, 1.807) is 0 Å². The van der Waals surface area contributed by atoms with Crippen molar-refractivity contribution >= 4 is 30.0 Å². The van der Waals surface area contributed by atoms with Crippen molar-refractivity contribution in [3.05, 3.63) is 34.3 Å². The highest BCUT2D eigenvalue weighted by atomic mass is 35.5. The van der Waals surface area contributed by atoms with Crippen LogP contribution in [0.15, 0.2) is 18.2 Å². The summed E-state index contributed by atoms with van der Waals surface area (Å²) in [6, 6.07) is 4.35. The Morgan fingerprint density at radius 1 is 1.41 bits per heavy atom. The van der Waals surface area contributed by atoms with E-state index in [0.717, 1.165) is 0 Å². The predicted octanol–water partition coefficient (Wildman–Crippen LogP) is 1.37. The van der Waals surface area contributed by atoms with E-state index in [0.29, 0.717) is 10.6 Å². The number of halogens is 1. The van der Waals surface area contributed by atoms with Crippen molar-refractivity contribution in [1.29, 1.82) is 0 Å². The average molecular weight is 257 g/mol. The maximum atomic E-state index is 11.4. The molecule has 0 aliphatic rings. The maximum absolute atomic E-state index is 11.4. The Hall–Kier alpha value is -1.88. The van der Waals surface area contributed by atoms with Gasteiger partial charge in [-0.05, 0) is 17.7 Å². The normalized spacial score (nSPS) is 9.53. The number of carbonyl (C=O) groups excluding carboxylic acids is 3. The summed E-state index contributed by atoms with van der Waals surface area (Å²) >= 11 is 5.72. The van der Waals surface area contributed by atoms with Crippen molar-refractivity contribution in [3.63, 3.8) is 0 Å². The summed E-state index contributed by atoms with van der Waals surface area (Å²) in [6.07, 6.45) is -0.100. The summed E-state index contributed by atoms with van der Waals surface area (Å²) in [5, 5.41) is 0.302. The number of hydrogen-bond acceptors (Lipinski definition) is 5. The first-order valence-corrected chi connectivity index (χ1v) is 4.96. The van der Waals surface area contributed by atoms with E-state index in [2.05, 4.69) is 9.47 Å². The first kappa shape index (κ1) is 13.2. The quantitative estimate of drug-likeness (QED) is 0.462. The van der Waals surface area contributed by atoms with Gasteiger partial charge < -0.3 is 9.47 Å². The SMILES string of the molecule is COC(=O)Cc1ccc(Cl)cc1C(=O)OC=O. The van der Waals surface area contributed by atoms with E-state index in [9.17, 15) is 14.4 Å².